The molecule has 2 aromatic carbocycles. The van der Waals surface area contributed by atoms with Crippen LogP contribution in [0.5, 0.6) is 0 Å². The summed E-state index contributed by atoms with van der Waals surface area (Å²) < 4.78 is 28.3. The van der Waals surface area contributed by atoms with Crippen LogP contribution in [0.4, 0.5) is 8.78 Å². The van der Waals surface area contributed by atoms with Crippen LogP contribution in [0.15, 0.2) is 36.4 Å². The van der Waals surface area contributed by atoms with E-state index in [0.717, 1.165) is 5.75 Å². The van der Waals surface area contributed by atoms with Gasteiger partial charge in [-0.15, -0.1) is 0 Å². The number of carbonyl (C=O) groups is 1. The second kappa shape index (κ2) is 7.00. The van der Waals surface area contributed by atoms with Gasteiger partial charge in [-0.2, -0.15) is 16.9 Å². The van der Waals surface area contributed by atoms with Crippen LogP contribution >= 0.6 is 11.8 Å². The van der Waals surface area contributed by atoms with Gasteiger partial charge in [-0.05, 0) is 30.5 Å². The van der Waals surface area contributed by atoms with Crippen molar-refractivity contribution in [2.75, 3.05) is 18.6 Å². The van der Waals surface area contributed by atoms with E-state index in [-0.39, 0.29) is 16.6 Å². The molecule has 2 N–H and O–H groups in total. The molecule has 1 aromatic heterocycles. The second-order valence-corrected chi connectivity index (χ2v) is 6.17. The summed E-state index contributed by atoms with van der Waals surface area (Å²) in [5, 5.41) is 9.65. The number of benzene rings is 2. The van der Waals surface area contributed by atoms with E-state index in [0.29, 0.717) is 17.6 Å². The fourth-order valence-corrected chi connectivity index (χ4v) is 2.76. The monoisotopic (exact) mass is 347 g/mol. The highest BCUT2D eigenvalue weighted by atomic mass is 32.2. The van der Waals surface area contributed by atoms with Crippen LogP contribution in [0.1, 0.15) is 10.4 Å². The third kappa shape index (κ3) is 3.12. The highest BCUT2D eigenvalue weighted by Crippen LogP contribution is 2.30. The topological polar surface area (TPSA) is 57.8 Å². The smallest absolute Gasteiger partial charge is 0.254 e. The Morgan fingerprint density at radius 1 is 1.29 bits per heavy atom. The van der Waals surface area contributed by atoms with E-state index in [9.17, 15) is 13.6 Å². The van der Waals surface area contributed by atoms with Crippen molar-refractivity contribution in [3.05, 3.63) is 53.6 Å². The molecule has 0 unspecified atom stereocenters. The van der Waals surface area contributed by atoms with E-state index in [2.05, 4.69) is 15.5 Å². The number of halogens is 2. The lowest BCUT2D eigenvalue weighted by atomic mass is 10.0. The highest BCUT2D eigenvalue weighted by molar-refractivity contribution is 7.98. The van der Waals surface area contributed by atoms with Crippen LogP contribution < -0.4 is 5.32 Å². The number of fused-ring (bicyclic) bond motifs is 1. The molecule has 0 radical (unpaired) electrons. The van der Waals surface area contributed by atoms with Crippen LogP contribution in [0, 0.1) is 11.6 Å². The Kier molecular flexibility index (Phi) is 4.80. The Bertz CT molecular complexity index is 895. The number of thioether (sulfide) groups is 1. The number of hydrogen-bond acceptors (Lipinski definition) is 3. The maximum atomic E-state index is 14.9. The first-order chi connectivity index (χ1) is 11.6. The molecular weight excluding hydrogens is 332 g/mol. The van der Waals surface area contributed by atoms with Gasteiger partial charge in [0.05, 0.1) is 16.5 Å². The number of nitrogens with one attached hydrogen (secondary N) is 2. The van der Waals surface area contributed by atoms with E-state index >= 15 is 0 Å². The van der Waals surface area contributed by atoms with E-state index < -0.39 is 17.5 Å². The van der Waals surface area contributed by atoms with Gasteiger partial charge in [-0.1, -0.05) is 12.1 Å². The molecule has 3 aromatic rings. The van der Waals surface area contributed by atoms with Gasteiger partial charge < -0.3 is 5.32 Å². The molecule has 24 heavy (non-hydrogen) atoms. The Labute approximate surface area is 141 Å². The van der Waals surface area contributed by atoms with E-state index in [4.69, 9.17) is 0 Å². The Balaban J connectivity index is 2.04. The quantitative estimate of drug-likeness (QED) is 0.694. The van der Waals surface area contributed by atoms with Gasteiger partial charge in [0.1, 0.15) is 17.3 Å². The van der Waals surface area contributed by atoms with Gasteiger partial charge in [-0.3, -0.25) is 9.89 Å². The van der Waals surface area contributed by atoms with Crippen molar-refractivity contribution in [2.45, 2.75) is 0 Å². The minimum absolute atomic E-state index is 0.0531. The molecule has 124 valence electrons. The molecule has 0 atom stereocenters. The molecule has 1 heterocycles. The molecule has 0 saturated carbocycles. The molecule has 3 rings (SSSR count). The Morgan fingerprint density at radius 2 is 2.12 bits per heavy atom. The van der Waals surface area contributed by atoms with Crippen molar-refractivity contribution in [1.82, 2.24) is 15.5 Å². The van der Waals surface area contributed by atoms with Crippen molar-refractivity contribution in [2.24, 2.45) is 0 Å². The molecule has 0 aliphatic rings. The van der Waals surface area contributed by atoms with Gasteiger partial charge in [-0.25, -0.2) is 8.78 Å². The highest BCUT2D eigenvalue weighted by Gasteiger charge is 2.19. The Hall–Kier alpha value is -2.41. The predicted octanol–water partition coefficient (Wildman–Crippen LogP) is 3.60. The number of nitrogens with zero attached hydrogens (tertiary/aromatic N) is 1. The Morgan fingerprint density at radius 3 is 2.88 bits per heavy atom. The number of hydrogen-bond donors (Lipinski definition) is 2. The average Bonchev–Trinajstić information content (AvgIpc) is 3.00. The summed E-state index contributed by atoms with van der Waals surface area (Å²) in [7, 11) is 0. The number of aromatic nitrogens is 2. The summed E-state index contributed by atoms with van der Waals surface area (Å²) in [5.41, 5.74) is 1.12. The first-order valence-corrected chi connectivity index (χ1v) is 8.71. The largest absolute Gasteiger partial charge is 0.351 e. The van der Waals surface area contributed by atoms with Crippen LogP contribution in [0.25, 0.3) is 22.2 Å². The molecule has 0 spiro atoms. The zero-order valence-corrected chi connectivity index (χ0v) is 13.7. The fraction of sp³-hybridized carbons (Fsp3) is 0.176. The normalized spacial score (nSPS) is 11.0. The van der Waals surface area contributed by atoms with Gasteiger partial charge in [0.2, 0.25) is 0 Å². The summed E-state index contributed by atoms with van der Waals surface area (Å²) in [6.45, 7) is 0.458. The van der Waals surface area contributed by atoms with Crippen molar-refractivity contribution >= 4 is 28.6 Å². The lowest BCUT2D eigenvalue weighted by Crippen LogP contribution is -2.26. The number of aromatic amines is 1. The number of amides is 1. The number of rotatable bonds is 5. The zero-order chi connectivity index (χ0) is 17.1. The molecule has 0 saturated heterocycles. The minimum atomic E-state index is -0.665. The van der Waals surface area contributed by atoms with Crippen molar-refractivity contribution in [3.8, 4) is 11.3 Å². The van der Waals surface area contributed by atoms with E-state index in [1.54, 1.807) is 23.9 Å². The first kappa shape index (κ1) is 16.4. The number of carbonyl (C=O) groups excluding carboxylic acids is 1. The maximum absolute atomic E-state index is 14.9. The van der Waals surface area contributed by atoms with Crippen molar-refractivity contribution in [1.29, 1.82) is 0 Å². The SMILES string of the molecule is CSCCNC(=O)c1ccc2[nH]nc(-c3cccc(F)c3)c2c1F. The summed E-state index contributed by atoms with van der Waals surface area (Å²) in [5.74, 6) is -0.831. The van der Waals surface area contributed by atoms with Gasteiger partial charge in [0, 0.05) is 17.9 Å². The fourth-order valence-electron chi connectivity index (χ4n) is 2.45. The van der Waals surface area contributed by atoms with E-state index in [1.165, 1.54) is 24.3 Å². The van der Waals surface area contributed by atoms with Crippen LogP contribution in [0.2, 0.25) is 0 Å². The molecule has 0 fully saturated rings. The van der Waals surface area contributed by atoms with Gasteiger partial charge in [0.25, 0.3) is 5.91 Å². The lowest BCUT2D eigenvalue weighted by molar-refractivity contribution is 0.0952. The van der Waals surface area contributed by atoms with Crippen LogP contribution in [-0.4, -0.2) is 34.7 Å². The molecule has 0 aliphatic heterocycles. The average molecular weight is 347 g/mol. The van der Waals surface area contributed by atoms with Gasteiger partial charge >= 0.3 is 0 Å². The molecule has 0 aliphatic carbocycles. The summed E-state index contributed by atoms with van der Waals surface area (Å²) in [6.07, 6.45) is 1.93. The molecule has 7 heteroatoms. The van der Waals surface area contributed by atoms with Crippen LogP contribution in [-0.2, 0) is 0 Å². The summed E-state index contributed by atoms with van der Waals surface area (Å²) >= 11 is 1.59. The maximum Gasteiger partial charge on any atom is 0.254 e. The molecule has 4 nitrogen and oxygen atoms in total. The molecular formula is C17H15F2N3OS. The van der Waals surface area contributed by atoms with E-state index in [1.807, 2.05) is 6.26 Å². The minimum Gasteiger partial charge on any atom is -0.351 e. The standard InChI is InChI=1S/C17H15F2N3OS/c1-24-8-7-20-17(23)12-5-6-13-14(15(12)19)16(22-21-13)10-3-2-4-11(18)9-10/h2-6,9H,7-8H2,1H3,(H,20,23)(H,21,22). The first-order valence-electron chi connectivity index (χ1n) is 7.31. The molecule has 0 bridgehead atoms. The van der Waals surface area contributed by atoms with Gasteiger partial charge in [0.15, 0.2) is 0 Å². The summed E-state index contributed by atoms with van der Waals surface area (Å²) in [6, 6.07) is 8.77. The predicted molar refractivity (Wildman–Crippen MR) is 92.2 cm³/mol. The third-order valence-electron chi connectivity index (χ3n) is 3.60. The number of H-pyrrole nitrogens is 1. The molecule has 1 amide bonds. The summed E-state index contributed by atoms with van der Waals surface area (Å²) in [4.78, 5) is 12.2. The second-order valence-electron chi connectivity index (χ2n) is 5.18. The lowest BCUT2D eigenvalue weighted by Gasteiger charge is -2.07. The zero-order valence-electron chi connectivity index (χ0n) is 12.9. The van der Waals surface area contributed by atoms with Crippen LogP contribution in [0.3, 0.4) is 0 Å². The third-order valence-corrected chi connectivity index (χ3v) is 4.21. The van der Waals surface area contributed by atoms with Crippen molar-refractivity contribution in [3.63, 3.8) is 0 Å². The van der Waals surface area contributed by atoms with Crippen molar-refractivity contribution < 1.29 is 13.6 Å².